The average Bonchev–Trinajstić information content (AvgIpc) is 3.18. The molecular weight excluding hydrogens is 382 g/mol. The van der Waals surface area contributed by atoms with Gasteiger partial charge in [-0.3, -0.25) is 4.90 Å². The van der Waals surface area contributed by atoms with Crippen LogP contribution in [0.15, 0.2) is 46.9 Å². The molecule has 6 heteroatoms. The first-order valence-corrected chi connectivity index (χ1v) is 9.06. The summed E-state index contributed by atoms with van der Waals surface area (Å²) in [4.78, 5) is 21.0. The first-order valence-electron chi connectivity index (χ1n) is 8.26. The maximum Gasteiger partial charge on any atom is 0.407 e. The fourth-order valence-corrected chi connectivity index (χ4v) is 3.79. The summed E-state index contributed by atoms with van der Waals surface area (Å²) >= 11 is 3.45. The van der Waals surface area contributed by atoms with Crippen LogP contribution >= 0.6 is 15.9 Å². The van der Waals surface area contributed by atoms with Gasteiger partial charge in [-0.1, -0.05) is 41.1 Å². The van der Waals surface area contributed by atoms with Crippen molar-refractivity contribution in [3.63, 3.8) is 0 Å². The number of carboxylic acid groups (broad SMARTS) is 1. The molecule has 2 N–H and O–H groups in total. The summed E-state index contributed by atoms with van der Waals surface area (Å²) < 4.78 is 1.04. The summed E-state index contributed by atoms with van der Waals surface area (Å²) in [5.74, 6) is 1.07. The molecule has 0 radical (unpaired) electrons. The van der Waals surface area contributed by atoms with E-state index in [1.807, 2.05) is 24.3 Å². The van der Waals surface area contributed by atoms with Gasteiger partial charge in [-0.15, -0.1) is 0 Å². The zero-order chi connectivity index (χ0) is 17.6. The Morgan fingerprint density at radius 3 is 2.68 bits per heavy atom. The number of benzene rings is 2. The molecule has 2 atom stereocenters. The summed E-state index contributed by atoms with van der Waals surface area (Å²) in [6.07, 6.45) is -0.0866. The Balaban J connectivity index is 1.71. The van der Waals surface area contributed by atoms with Crippen molar-refractivity contribution in [1.82, 2.24) is 14.9 Å². The quantitative estimate of drug-likeness (QED) is 0.632. The molecule has 0 saturated carbocycles. The van der Waals surface area contributed by atoms with Crippen molar-refractivity contribution in [3.8, 4) is 11.1 Å². The van der Waals surface area contributed by atoms with Gasteiger partial charge in [-0.2, -0.15) is 0 Å². The Hall–Kier alpha value is -2.34. The van der Waals surface area contributed by atoms with E-state index in [4.69, 9.17) is 4.98 Å². The molecule has 2 heterocycles. The van der Waals surface area contributed by atoms with Gasteiger partial charge in [0.2, 0.25) is 0 Å². The van der Waals surface area contributed by atoms with Crippen molar-refractivity contribution in [2.75, 3.05) is 6.54 Å². The molecule has 5 nitrogen and oxygen atoms in total. The molecule has 3 aromatic rings. The first kappa shape index (κ1) is 16.1. The number of aromatic amines is 1. The lowest BCUT2D eigenvalue weighted by atomic mass is 10.1. The molecule has 25 heavy (non-hydrogen) atoms. The second kappa shape index (κ2) is 6.19. The number of fused-ring (bicyclic) bond motifs is 1. The van der Waals surface area contributed by atoms with Gasteiger partial charge in [0.1, 0.15) is 5.82 Å². The summed E-state index contributed by atoms with van der Waals surface area (Å²) in [5, 5.41) is 9.43. The van der Waals surface area contributed by atoms with Crippen LogP contribution in [-0.2, 0) is 0 Å². The Morgan fingerprint density at radius 2 is 1.96 bits per heavy atom. The van der Waals surface area contributed by atoms with Gasteiger partial charge in [-0.25, -0.2) is 9.78 Å². The van der Waals surface area contributed by atoms with E-state index in [9.17, 15) is 9.90 Å². The fourth-order valence-electron chi connectivity index (χ4n) is 3.52. The van der Waals surface area contributed by atoms with E-state index >= 15 is 0 Å². The number of hydrogen-bond donors (Lipinski definition) is 2. The highest BCUT2D eigenvalue weighted by atomic mass is 79.9. The minimum absolute atomic E-state index is 0.198. The highest BCUT2D eigenvalue weighted by Crippen LogP contribution is 2.35. The molecule has 1 aliphatic rings. The molecule has 0 unspecified atom stereocenters. The molecule has 2 aromatic carbocycles. The number of halogens is 1. The van der Waals surface area contributed by atoms with Gasteiger partial charge < -0.3 is 10.1 Å². The fraction of sp³-hybridized carbons (Fsp3) is 0.263. The monoisotopic (exact) mass is 399 g/mol. The minimum Gasteiger partial charge on any atom is -0.465 e. The van der Waals surface area contributed by atoms with E-state index in [1.165, 1.54) is 4.90 Å². The van der Waals surface area contributed by atoms with E-state index in [2.05, 4.69) is 46.0 Å². The van der Waals surface area contributed by atoms with E-state index in [1.54, 1.807) is 0 Å². The van der Waals surface area contributed by atoms with Crippen LogP contribution in [0.25, 0.3) is 22.2 Å². The molecule has 4 rings (SSSR count). The van der Waals surface area contributed by atoms with Crippen molar-refractivity contribution in [3.05, 3.63) is 52.8 Å². The number of hydrogen-bond acceptors (Lipinski definition) is 2. The van der Waals surface area contributed by atoms with Gasteiger partial charge in [-0.05, 0) is 47.7 Å². The van der Waals surface area contributed by atoms with Gasteiger partial charge >= 0.3 is 6.09 Å². The van der Waals surface area contributed by atoms with Crippen LogP contribution in [0.2, 0.25) is 0 Å². The van der Waals surface area contributed by atoms with Crippen molar-refractivity contribution >= 4 is 33.1 Å². The Morgan fingerprint density at radius 1 is 1.24 bits per heavy atom. The van der Waals surface area contributed by atoms with E-state index in [0.29, 0.717) is 12.5 Å². The molecule has 0 spiro atoms. The van der Waals surface area contributed by atoms with Crippen molar-refractivity contribution in [1.29, 1.82) is 0 Å². The van der Waals surface area contributed by atoms with Crippen molar-refractivity contribution < 1.29 is 9.90 Å². The smallest absolute Gasteiger partial charge is 0.407 e. The predicted molar refractivity (Wildman–Crippen MR) is 100 cm³/mol. The molecular formula is C19H18BrN3O2. The largest absolute Gasteiger partial charge is 0.465 e. The molecule has 1 fully saturated rings. The number of nitrogens with zero attached hydrogens (tertiary/aromatic N) is 2. The molecule has 1 aromatic heterocycles. The van der Waals surface area contributed by atoms with Gasteiger partial charge in [0.25, 0.3) is 0 Å². The van der Waals surface area contributed by atoms with Crippen LogP contribution in [0.3, 0.4) is 0 Å². The normalized spacial score (nSPS) is 20.3. The summed E-state index contributed by atoms with van der Waals surface area (Å²) in [6, 6.07) is 14.1. The lowest BCUT2D eigenvalue weighted by Gasteiger charge is -2.19. The van der Waals surface area contributed by atoms with Gasteiger partial charge in [0.15, 0.2) is 0 Å². The molecule has 0 bridgehead atoms. The third kappa shape index (κ3) is 3.02. The van der Waals surface area contributed by atoms with Crippen LogP contribution < -0.4 is 0 Å². The number of likely N-dealkylation sites (tertiary alicyclic amines) is 1. The topological polar surface area (TPSA) is 69.2 Å². The second-order valence-corrected chi connectivity index (χ2v) is 7.57. The van der Waals surface area contributed by atoms with Crippen molar-refractivity contribution in [2.45, 2.75) is 19.4 Å². The number of aromatic nitrogens is 2. The zero-order valence-corrected chi connectivity index (χ0v) is 15.3. The summed E-state index contributed by atoms with van der Waals surface area (Å²) in [7, 11) is 0. The highest BCUT2D eigenvalue weighted by Gasteiger charge is 2.36. The van der Waals surface area contributed by atoms with Gasteiger partial charge in [0.05, 0.1) is 17.1 Å². The lowest BCUT2D eigenvalue weighted by molar-refractivity contribution is 0.138. The lowest BCUT2D eigenvalue weighted by Crippen LogP contribution is -2.29. The molecule has 0 aliphatic carbocycles. The van der Waals surface area contributed by atoms with Crippen LogP contribution in [0.4, 0.5) is 4.79 Å². The molecule has 1 saturated heterocycles. The van der Waals surface area contributed by atoms with E-state index in [0.717, 1.165) is 38.9 Å². The highest BCUT2D eigenvalue weighted by molar-refractivity contribution is 9.10. The van der Waals surface area contributed by atoms with E-state index < -0.39 is 6.09 Å². The molecule has 1 amide bonds. The van der Waals surface area contributed by atoms with Crippen LogP contribution in [0.5, 0.6) is 0 Å². The number of H-pyrrole nitrogens is 1. The zero-order valence-electron chi connectivity index (χ0n) is 13.7. The minimum atomic E-state index is -0.884. The maximum atomic E-state index is 11.5. The van der Waals surface area contributed by atoms with Crippen LogP contribution in [-0.4, -0.2) is 32.6 Å². The standard InChI is InChI=1S/C19H18BrN3O2/c1-11-8-17(23(10-11)19(24)25)18-21-15-7-4-13(9-16(15)22-18)12-2-5-14(20)6-3-12/h2-7,9,11,17H,8,10H2,1H3,(H,21,22)(H,24,25)/t11-,17-/m0/s1. The summed E-state index contributed by atoms with van der Waals surface area (Å²) in [6.45, 7) is 2.63. The van der Waals surface area contributed by atoms with Gasteiger partial charge in [0, 0.05) is 11.0 Å². The Labute approximate surface area is 153 Å². The van der Waals surface area contributed by atoms with Crippen LogP contribution in [0, 0.1) is 5.92 Å². The number of rotatable bonds is 2. The number of nitrogens with one attached hydrogen (secondary N) is 1. The summed E-state index contributed by atoms with van der Waals surface area (Å²) in [5.41, 5.74) is 4.00. The average molecular weight is 400 g/mol. The second-order valence-electron chi connectivity index (χ2n) is 6.65. The molecule has 128 valence electrons. The first-order chi connectivity index (χ1) is 12.0. The number of amides is 1. The molecule has 1 aliphatic heterocycles. The van der Waals surface area contributed by atoms with E-state index in [-0.39, 0.29) is 6.04 Å². The SMILES string of the molecule is C[C@H]1C[C@@H](c2nc3cc(-c4ccc(Br)cc4)ccc3[nH]2)N(C(=O)O)C1. The Bertz CT molecular complexity index is 935. The number of carbonyl (C=O) groups is 1. The number of imidazole rings is 1. The predicted octanol–water partition coefficient (Wildman–Crippen LogP) is 5.05. The third-order valence-corrected chi connectivity index (χ3v) is 5.28. The maximum absolute atomic E-state index is 11.5. The van der Waals surface area contributed by atoms with Crippen LogP contribution in [0.1, 0.15) is 25.2 Å². The van der Waals surface area contributed by atoms with Crippen molar-refractivity contribution in [2.24, 2.45) is 5.92 Å². The third-order valence-electron chi connectivity index (χ3n) is 4.75. The Kier molecular flexibility index (Phi) is 4.00.